The molecule has 1 aromatic carbocycles. The molecule has 0 radical (unpaired) electrons. The number of nitrogens with one attached hydrogen (secondary N) is 1. The Kier molecular flexibility index (Phi) is 3.69. The molecule has 2 heterocycles. The predicted octanol–water partition coefficient (Wildman–Crippen LogP) is 3.01. The highest BCUT2D eigenvalue weighted by Crippen LogP contribution is 2.41. The maximum absolute atomic E-state index is 6.23. The Bertz CT molecular complexity index is 488. The van der Waals surface area contributed by atoms with Gasteiger partial charge < -0.3 is 16.0 Å². The van der Waals surface area contributed by atoms with Crippen LogP contribution < -0.4 is 11.1 Å². The van der Waals surface area contributed by atoms with Crippen molar-refractivity contribution in [1.29, 1.82) is 0 Å². The zero-order valence-corrected chi connectivity index (χ0v) is 13.1. The number of benzene rings is 1. The van der Waals surface area contributed by atoms with E-state index in [0.29, 0.717) is 18.6 Å². The largest absolute Gasteiger partial charge is 0.378 e. The van der Waals surface area contributed by atoms with E-state index in [-0.39, 0.29) is 5.54 Å². The summed E-state index contributed by atoms with van der Waals surface area (Å²) in [6.07, 6.45) is 4.86. The minimum Gasteiger partial charge on any atom is -0.378 e. The van der Waals surface area contributed by atoms with E-state index >= 15 is 0 Å². The Morgan fingerprint density at radius 3 is 2.55 bits per heavy atom. The van der Waals surface area contributed by atoms with Gasteiger partial charge >= 0.3 is 0 Å². The van der Waals surface area contributed by atoms with Gasteiger partial charge in [0.15, 0.2) is 0 Å². The molecule has 0 saturated carbocycles. The molecule has 2 bridgehead atoms. The van der Waals surface area contributed by atoms with Crippen LogP contribution in [-0.2, 0) is 0 Å². The number of halogens is 1. The van der Waals surface area contributed by atoms with Crippen LogP contribution in [0.25, 0.3) is 0 Å². The van der Waals surface area contributed by atoms with Crippen molar-refractivity contribution in [1.82, 2.24) is 4.90 Å². The molecule has 2 atom stereocenters. The van der Waals surface area contributed by atoms with Gasteiger partial charge in [0.1, 0.15) is 0 Å². The first-order valence-electron chi connectivity index (χ1n) is 7.49. The number of hydrogen-bond acceptors (Lipinski definition) is 3. The van der Waals surface area contributed by atoms with Gasteiger partial charge in [0, 0.05) is 29.3 Å². The third kappa shape index (κ3) is 2.43. The molecule has 0 aromatic heterocycles. The minimum absolute atomic E-state index is 0.0247. The van der Waals surface area contributed by atoms with Crippen LogP contribution in [0, 0.1) is 6.92 Å². The lowest BCUT2D eigenvalue weighted by molar-refractivity contribution is 0.127. The van der Waals surface area contributed by atoms with E-state index in [4.69, 9.17) is 17.3 Å². The lowest BCUT2D eigenvalue weighted by Crippen LogP contribution is -2.57. The molecule has 4 heteroatoms. The van der Waals surface area contributed by atoms with E-state index in [1.54, 1.807) is 0 Å². The molecular weight excluding hydrogens is 270 g/mol. The lowest BCUT2D eigenvalue weighted by Gasteiger charge is -2.46. The number of rotatable bonds is 3. The maximum atomic E-state index is 6.23. The minimum atomic E-state index is 0.0247. The van der Waals surface area contributed by atoms with Crippen molar-refractivity contribution < 1.29 is 0 Å². The molecule has 3 nitrogen and oxygen atoms in total. The number of nitrogens with zero attached hydrogens (tertiary/aromatic N) is 1. The standard InChI is InChI=1S/C16H24ClN3/c1-11-3-4-12(7-15(11)17)19-16(10-18)8-13-5-6-14(9-16)20(13)2/h3-4,7,13-14,19H,5-6,8-10,18H2,1-2H3. The highest BCUT2D eigenvalue weighted by atomic mass is 35.5. The van der Waals surface area contributed by atoms with Gasteiger partial charge in [-0.05, 0) is 57.4 Å². The second-order valence-corrected chi connectivity index (χ2v) is 6.94. The normalized spacial score (nSPS) is 33.4. The molecule has 20 heavy (non-hydrogen) atoms. The Morgan fingerprint density at radius 2 is 2.00 bits per heavy atom. The van der Waals surface area contributed by atoms with Crippen LogP contribution in [0.15, 0.2) is 18.2 Å². The average Bonchev–Trinajstić information content (AvgIpc) is 2.65. The van der Waals surface area contributed by atoms with Crippen LogP contribution in [0.1, 0.15) is 31.2 Å². The lowest BCUT2D eigenvalue weighted by atomic mass is 9.82. The first kappa shape index (κ1) is 14.2. The fourth-order valence-electron chi connectivity index (χ4n) is 3.86. The number of fused-ring (bicyclic) bond motifs is 2. The smallest absolute Gasteiger partial charge is 0.0525 e. The van der Waals surface area contributed by atoms with Crippen LogP contribution in [0.2, 0.25) is 5.02 Å². The molecule has 0 amide bonds. The number of aryl methyl sites for hydroxylation is 1. The molecule has 110 valence electrons. The Balaban J connectivity index is 1.81. The van der Waals surface area contributed by atoms with E-state index in [9.17, 15) is 0 Å². The summed E-state index contributed by atoms with van der Waals surface area (Å²) in [5, 5.41) is 4.52. The summed E-state index contributed by atoms with van der Waals surface area (Å²) in [6.45, 7) is 2.71. The van der Waals surface area contributed by atoms with Gasteiger partial charge in [0.05, 0.1) is 5.54 Å². The predicted molar refractivity (Wildman–Crippen MR) is 85.4 cm³/mol. The highest BCUT2D eigenvalue weighted by Gasteiger charge is 2.46. The monoisotopic (exact) mass is 293 g/mol. The van der Waals surface area contributed by atoms with Gasteiger partial charge in [-0.3, -0.25) is 0 Å². The quantitative estimate of drug-likeness (QED) is 0.900. The van der Waals surface area contributed by atoms with E-state index in [1.807, 2.05) is 13.0 Å². The molecule has 2 unspecified atom stereocenters. The molecule has 0 aliphatic carbocycles. The van der Waals surface area contributed by atoms with Crippen LogP contribution in [-0.4, -0.2) is 36.1 Å². The Labute approximate surface area is 126 Å². The molecule has 2 saturated heterocycles. The first-order chi connectivity index (χ1) is 9.53. The van der Waals surface area contributed by atoms with Crippen LogP contribution >= 0.6 is 11.6 Å². The third-order valence-electron chi connectivity index (χ3n) is 5.21. The fourth-order valence-corrected chi connectivity index (χ4v) is 4.04. The van der Waals surface area contributed by atoms with Gasteiger partial charge in [0.2, 0.25) is 0 Å². The SMILES string of the molecule is Cc1ccc(NC2(CN)CC3CCC(C2)N3C)cc1Cl. The molecule has 3 rings (SSSR count). The molecule has 1 aromatic rings. The molecule has 0 spiro atoms. The number of nitrogens with two attached hydrogens (primary N) is 1. The summed E-state index contributed by atoms with van der Waals surface area (Å²) in [4.78, 5) is 2.54. The van der Waals surface area contributed by atoms with Gasteiger partial charge in [-0.2, -0.15) is 0 Å². The van der Waals surface area contributed by atoms with Crippen molar-refractivity contribution >= 4 is 17.3 Å². The second-order valence-electron chi connectivity index (χ2n) is 6.53. The first-order valence-corrected chi connectivity index (χ1v) is 7.87. The Morgan fingerprint density at radius 1 is 1.35 bits per heavy atom. The molecule has 3 N–H and O–H groups in total. The van der Waals surface area contributed by atoms with Crippen molar-refractivity contribution in [3.05, 3.63) is 28.8 Å². The summed E-state index contributed by atoms with van der Waals surface area (Å²) in [5.41, 5.74) is 8.37. The van der Waals surface area contributed by atoms with Crippen molar-refractivity contribution in [2.45, 2.75) is 50.2 Å². The van der Waals surface area contributed by atoms with Crippen LogP contribution in [0.4, 0.5) is 5.69 Å². The fraction of sp³-hybridized carbons (Fsp3) is 0.625. The maximum Gasteiger partial charge on any atom is 0.0525 e. The van der Waals surface area contributed by atoms with Crippen molar-refractivity contribution in [2.75, 3.05) is 18.9 Å². The van der Waals surface area contributed by atoms with Gasteiger partial charge in [0.25, 0.3) is 0 Å². The van der Waals surface area contributed by atoms with Crippen molar-refractivity contribution in [2.24, 2.45) is 5.73 Å². The summed E-state index contributed by atoms with van der Waals surface area (Å²) < 4.78 is 0. The molecular formula is C16H24ClN3. The number of piperidine rings is 1. The topological polar surface area (TPSA) is 41.3 Å². The summed E-state index contributed by atoms with van der Waals surface area (Å²) in [6, 6.07) is 7.54. The van der Waals surface area contributed by atoms with Crippen LogP contribution in [0.3, 0.4) is 0 Å². The Hall–Kier alpha value is -0.770. The zero-order valence-electron chi connectivity index (χ0n) is 12.3. The van der Waals surface area contributed by atoms with Crippen molar-refractivity contribution in [3.8, 4) is 0 Å². The van der Waals surface area contributed by atoms with Crippen LogP contribution in [0.5, 0.6) is 0 Å². The number of anilines is 1. The highest BCUT2D eigenvalue weighted by molar-refractivity contribution is 6.31. The van der Waals surface area contributed by atoms with Gasteiger partial charge in [-0.15, -0.1) is 0 Å². The summed E-state index contributed by atoms with van der Waals surface area (Å²) >= 11 is 6.23. The molecule has 2 fully saturated rings. The van der Waals surface area contributed by atoms with Gasteiger partial charge in [-0.25, -0.2) is 0 Å². The van der Waals surface area contributed by atoms with Gasteiger partial charge in [-0.1, -0.05) is 17.7 Å². The third-order valence-corrected chi connectivity index (χ3v) is 5.62. The average molecular weight is 294 g/mol. The second kappa shape index (κ2) is 5.21. The number of hydrogen-bond donors (Lipinski definition) is 2. The summed E-state index contributed by atoms with van der Waals surface area (Å²) in [5.74, 6) is 0. The van der Waals surface area contributed by atoms with E-state index in [2.05, 4.69) is 29.4 Å². The molecule has 2 aliphatic heterocycles. The van der Waals surface area contributed by atoms with E-state index < -0.39 is 0 Å². The molecule has 2 aliphatic rings. The summed E-state index contributed by atoms with van der Waals surface area (Å²) in [7, 11) is 2.26. The van der Waals surface area contributed by atoms with E-state index in [1.165, 1.54) is 12.8 Å². The van der Waals surface area contributed by atoms with E-state index in [0.717, 1.165) is 29.1 Å². The zero-order chi connectivity index (χ0) is 14.3. The van der Waals surface area contributed by atoms with Crippen molar-refractivity contribution in [3.63, 3.8) is 0 Å².